The number of halogens is 4. The van der Waals surface area contributed by atoms with Gasteiger partial charge in [-0.05, 0) is 86.7 Å². The van der Waals surface area contributed by atoms with Gasteiger partial charge in [-0.2, -0.15) is 0 Å². The molecule has 2 fully saturated rings. The molecule has 1 aromatic carbocycles. The minimum absolute atomic E-state index is 0.0203. The molecule has 1 aromatic rings. The third kappa shape index (κ3) is 3.82. The summed E-state index contributed by atoms with van der Waals surface area (Å²) in [6, 6.07) is 2.47. The minimum Gasteiger partial charge on any atom is -0.204 e. The van der Waals surface area contributed by atoms with E-state index in [0.717, 1.165) is 37.7 Å². The molecule has 0 saturated heterocycles. The molecule has 0 nitrogen and oxygen atoms in total. The molecular formula is C20H24ClF3. The summed E-state index contributed by atoms with van der Waals surface area (Å²) in [7, 11) is 0. The Bertz CT molecular complexity index is 583. The van der Waals surface area contributed by atoms with Crippen LogP contribution in [0.4, 0.5) is 13.2 Å². The summed E-state index contributed by atoms with van der Waals surface area (Å²) in [5.74, 6) is -1.35. The van der Waals surface area contributed by atoms with E-state index in [-0.39, 0.29) is 5.92 Å². The Balaban J connectivity index is 1.56. The van der Waals surface area contributed by atoms with Crippen molar-refractivity contribution < 1.29 is 13.2 Å². The van der Waals surface area contributed by atoms with Crippen LogP contribution in [-0.4, -0.2) is 0 Å². The number of benzene rings is 1. The van der Waals surface area contributed by atoms with E-state index in [4.69, 9.17) is 11.6 Å². The molecule has 0 atom stereocenters. The predicted molar refractivity (Wildman–Crippen MR) is 91.5 cm³/mol. The second-order valence-corrected chi connectivity index (χ2v) is 7.62. The number of rotatable bonds is 3. The Kier molecular flexibility index (Phi) is 5.91. The Labute approximate surface area is 147 Å². The van der Waals surface area contributed by atoms with Gasteiger partial charge in [-0.3, -0.25) is 0 Å². The first-order chi connectivity index (χ1) is 11.6. The highest BCUT2D eigenvalue weighted by Crippen LogP contribution is 2.44. The van der Waals surface area contributed by atoms with Crippen molar-refractivity contribution in [2.75, 3.05) is 0 Å². The maximum Gasteiger partial charge on any atom is 0.194 e. The summed E-state index contributed by atoms with van der Waals surface area (Å²) in [4.78, 5) is 0. The Morgan fingerprint density at radius 3 is 1.96 bits per heavy atom. The molecule has 0 unspecified atom stereocenters. The Morgan fingerprint density at radius 1 is 0.792 bits per heavy atom. The molecule has 2 saturated carbocycles. The average molecular weight is 357 g/mol. The zero-order chi connectivity index (χ0) is 17.1. The van der Waals surface area contributed by atoms with E-state index in [0.29, 0.717) is 17.4 Å². The first-order valence-corrected chi connectivity index (χ1v) is 9.44. The summed E-state index contributed by atoms with van der Waals surface area (Å²) >= 11 is 5.67. The second-order valence-electron chi connectivity index (χ2n) is 7.37. The highest BCUT2D eigenvalue weighted by Gasteiger charge is 2.32. The molecule has 4 heteroatoms. The van der Waals surface area contributed by atoms with Gasteiger partial charge in [0.2, 0.25) is 0 Å². The zero-order valence-corrected chi connectivity index (χ0v) is 14.5. The van der Waals surface area contributed by atoms with Crippen LogP contribution in [0.1, 0.15) is 62.8 Å². The maximum atomic E-state index is 14.0. The lowest BCUT2D eigenvalue weighted by molar-refractivity contribution is 0.170. The van der Waals surface area contributed by atoms with Crippen molar-refractivity contribution in [3.8, 4) is 0 Å². The lowest BCUT2D eigenvalue weighted by atomic mass is 9.68. The van der Waals surface area contributed by atoms with Crippen molar-refractivity contribution in [2.24, 2.45) is 17.8 Å². The largest absolute Gasteiger partial charge is 0.204 e. The predicted octanol–water partition coefficient (Wildman–Crippen LogP) is 6.94. The molecule has 0 aromatic heterocycles. The van der Waals surface area contributed by atoms with Gasteiger partial charge in [0.15, 0.2) is 17.5 Å². The molecule has 2 aliphatic carbocycles. The first kappa shape index (κ1) is 17.8. The molecule has 0 amide bonds. The van der Waals surface area contributed by atoms with Crippen molar-refractivity contribution in [1.29, 1.82) is 0 Å². The highest BCUT2D eigenvalue weighted by atomic mass is 35.5. The van der Waals surface area contributed by atoms with Gasteiger partial charge in [-0.15, -0.1) is 0 Å². The highest BCUT2D eigenvalue weighted by molar-refractivity contribution is 6.25. The smallest absolute Gasteiger partial charge is 0.194 e. The number of allylic oxidation sites excluding steroid dienone is 1. The summed E-state index contributed by atoms with van der Waals surface area (Å²) in [6.07, 6.45) is 10.8. The van der Waals surface area contributed by atoms with Crippen molar-refractivity contribution in [3.05, 3.63) is 46.8 Å². The van der Waals surface area contributed by atoms with Crippen molar-refractivity contribution in [2.45, 2.75) is 57.3 Å². The molecule has 0 N–H and O–H groups in total. The fraction of sp³-hybridized carbons (Fsp3) is 0.600. The van der Waals surface area contributed by atoms with Crippen molar-refractivity contribution in [3.63, 3.8) is 0 Å². The van der Waals surface area contributed by atoms with E-state index < -0.39 is 17.5 Å². The Morgan fingerprint density at radius 2 is 1.38 bits per heavy atom. The third-order valence-corrected chi connectivity index (χ3v) is 6.25. The Hall–Kier alpha value is -0.960. The molecule has 0 bridgehead atoms. The van der Waals surface area contributed by atoms with Crippen molar-refractivity contribution in [1.82, 2.24) is 0 Å². The van der Waals surface area contributed by atoms with Gasteiger partial charge in [-0.25, -0.2) is 13.2 Å². The van der Waals surface area contributed by atoms with Gasteiger partial charge in [0, 0.05) is 5.54 Å². The molecule has 132 valence electrons. The second kappa shape index (κ2) is 7.95. The fourth-order valence-corrected chi connectivity index (χ4v) is 4.88. The van der Waals surface area contributed by atoms with Gasteiger partial charge in [0.25, 0.3) is 0 Å². The minimum atomic E-state index is -1.33. The van der Waals surface area contributed by atoms with E-state index in [1.54, 1.807) is 5.54 Å². The van der Waals surface area contributed by atoms with Gasteiger partial charge >= 0.3 is 0 Å². The van der Waals surface area contributed by atoms with Crippen LogP contribution < -0.4 is 0 Å². The number of hydrogen-bond donors (Lipinski definition) is 0. The van der Waals surface area contributed by atoms with Gasteiger partial charge < -0.3 is 0 Å². The van der Waals surface area contributed by atoms with Crippen LogP contribution in [0.25, 0.3) is 0 Å². The average Bonchev–Trinajstić information content (AvgIpc) is 2.61. The van der Waals surface area contributed by atoms with E-state index in [1.165, 1.54) is 31.7 Å². The van der Waals surface area contributed by atoms with E-state index in [9.17, 15) is 13.2 Å². The fourth-order valence-electron chi connectivity index (χ4n) is 4.67. The molecule has 3 rings (SSSR count). The van der Waals surface area contributed by atoms with Crippen LogP contribution in [0.5, 0.6) is 0 Å². The van der Waals surface area contributed by atoms with E-state index in [2.05, 4.69) is 6.08 Å². The summed E-state index contributed by atoms with van der Waals surface area (Å²) < 4.78 is 40.5. The molecule has 0 heterocycles. The van der Waals surface area contributed by atoms with Crippen LogP contribution in [0.3, 0.4) is 0 Å². The van der Waals surface area contributed by atoms with Gasteiger partial charge in [-0.1, -0.05) is 23.7 Å². The number of hydrogen-bond acceptors (Lipinski definition) is 0. The summed E-state index contributed by atoms with van der Waals surface area (Å²) in [5, 5.41) is 0. The normalized spacial score (nSPS) is 31.5. The first-order valence-electron chi connectivity index (χ1n) is 9.00. The molecule has 0 radical (unpaired) electrons. The van der Waals surface area contributed by atoms with Crippen LogP contribution in [0.2, 0.25) is 0 Å². The zero-order valence-electron chi connectivity index (χ0n) is 13.8. The van der Waals surface area contributed by atoms with Crippen LogP contribution >= 0.6 is 11.6 Å². The van der Waals surface area contributed by atoms with Crippen LogP contribution in [-0.2, 0) is 0 Å². The van der Waals surface area contributed by atoms with Crippen LogP contribution in [0, 0.1) is 35.2 Å². The monoisotopic (exact) mass is 356 g/mol. The third-order valence-electron chi connectivity index (χ3n) is 6.10. The standard InChI is InChI=1S/C20H24ClF3/c21-12-11-13-1-3-14(4-2-13)15-5-7-16(8-6-15)17-9-10-18(22)20(24)19(17)23/h9-16H,1-8H2/b12-11+. The van der Waals surface area contributed by atoms with Gasteiger partial charge in [0.1, 0.15) is 0 Å². The lowest BCUT2D eigenvalue weighted by Crippen LogP contribution is -2.25. The lowest BCUT2D eigenvalue weighted by Gasteiger charge is -2.37. The topological polar surface area (TPSA) is 0 Å². The SMILES string of the molecule is Fc1ccc(C2CCC(C3CCC(/C=C/Cl)CC3)CC2)c(F)c1F. The summed E-state index contributed by atoms with van der Waals surface area (Å²) in [5.41, 5.74) is 1.98. The van der Waals surface area contributed by atoms with Crippen LogP contribution in [0.15, 0.2) is 23.7 Å². The quantitative estimate of drug-likeness (QED) is 0.515. The van der Waals surface area contributed by atoms with E-state index >= 15 is 0 Å². The molecule has 0 spiro atoms. The molecule has 24 heavy (non-hydrogen) atoms. The molecule has 0 aliphatic heterocycles. The van der Waals surface area contributed by atoms with Crippen molar-refractivity contribution >= 4 is 11.6 Å². The van der Waals surface area contributed by atoms with Gasteiger partial charge in [0.05, 0.1) is 0 Å². The molecule has 2 aliphatic rings. The molecular weight excluding hydrogens is 333 g/mol. The van der Waals surface area contributed by atoms with E-state index in [1.807, 2.05) is 0 Å². The maximum absolute atomic E-state index is 14.0. The summed E-state index contributed by atoms with van der Waals surface area (Å²) in [6.45, 7) is 0.